The van der Waals surface area contributed by atoms with Gasteiger partial charge in [0.25, 0.3) is 10.0 Å². The zero-order valence-corrected chi connectivity index (χ0v) is 17.0. The topological polar surface area (TPSA) is 72.4 Å². The number of sulfonamides is 1. The summed E-state index contributed by atoms with van der Waals surface area (Å²) in [5, 5.41) is 4.09. The number of thiazole rings is 1. The molecule has 6 nitrogen and oxygen atoms in total. The van der Waals surface area contributed by atoms with Crippen molar-refractivity contribution in [3.8, 4) is 5.75 Å². The summed E-state index contributed by atoms with van der Waals surface area (Å²) in [4.78, 5) is 8.41. The molecule has 0 spiro atoms. The number of pyridine rings is 1. The van der Waals surface area contributed by atoms with Gasteiger partial charge in [0.15, 0.2) is 0 Å². The molecule has 4 aromatic rings. The monoisotopic (exact) mass is 431 g/mol. The van der Waals surface area contributed by atoms with Crippen LogP contribution in [0.4, 0.5) is 10.8 Å². The first-order valence-corrected chi connectivity index (χ1v) is 10.8. The van der Waals surface area contributed by atoms with Gasteiger partial charge in [-0.25, -0.2) is 17.7 Å². The van der Waals surface area contributed by atoms with Crippen molar-refractivity contribution in [2.24, 2.45) is 0 Å². The molecule has 0 bridgehead atoms. The zero-order valence-electron chi connectivity index (χ0n) is 14.6. The van der Waals surface area contributed by atoms with Gasteiger partial charge in [0.1, 0.15) is 11.4 Å². The Bertz CT molecular complexity index is 1240. The molecule has 2 aromatic carbocycles. The standard InChI is InChI=1S/C19H14ClN3O3S2/c1-26-18-11-15(20)3-5-17(18)23(19-22-8-9-27-19)28(24,25)16-4-2-14-12-21-7-6-13(14)10-16/h2-12H,1H3. The van der Waals surface area contributed by atoms with Gasteiger partial charge in [0.2, 0.25) is 5.13 Å². The van der Waals surface area contributed by atoms with Crippen LogP contribution in [0.25, 0.3) is 10.8 Å². The maximum atomic E-state index is 13.6. The van der Waals surface area contributed by atoms with E-state index in [0.29, 0.717) is 21.6 Å². The van der Waals surface area contributed by atoms with Crippen molar-refractivity contribution in [1.82, 2.24) is 9.97 Å². The van der Waals surface area contributed by atoms with Crippen LogP contribution in [-0.2, 0) is 10.0 Å². The van der Waals surface area contributed by atoms with E-state index in [2.05, 4.69) is 9.97 Å². The Hall–Kier alpha value is -2.68. The SMILES string of the molecule is COc1cc(Cl)ccc1N(c1nccs1)S(=O)(=O)c1ccc2cnccc2c1. The van der Waals surface area contributed by atoms with Crippen LogP contribution < -0.4 is 9.04 Å². The van der Waals surface area contributed by atoms with E-state index in [1.165, 1.54) is 22.8 Å². The van der Waals surface area contributed by atoms with Crippen LogP contribution in [-0.4, -0.2) is 25.5 Å². The molecular weight excluding hydrogens is 418 g/mol. The van der Waals surface area contributed by atoms with Gasteiger partial charge in [-0.3, -0.25) is 4.98 Å². The Labute approximate surface area is 171 Å². The highest BCUT2D eigenvalue weighted by Gasteiger charge is 2.31. The van der Waals surface area contributed by atoms with Crippen LogP contribution in [0.1, 0.15) is 0 Å². The van der Waals surface area contributed by atoms with Crippen LogP contribution in [0.2, 0.25) is 5.02 Å². The lowest BCUT2D eigenvalue weighted by Gasteiger charge is -2.24. The average molecular weight is 432 g/mol. The largest absolute Gasteiger partial charge is 0.494 e. The molecule has 0 unspecified atom stereocenters. The van der Waals surface area contributed by atoms with Crippen molar-refractivity contribution in [2.45, 2.75) is 4.90 Å². The van der Waals surface area contributed by atoms with Crippen LogP contribution in [0.5, 0.6) is 5.75 Å². The van der Waals surface area contributed by atoms with Crippen molar-refractivity contribution in [1.29, 1.82) is 0 Å². The van der Waals surface area contributed by atoms with E-state index in [-0.39, 0.29) is 4.90 Å². The molecule has 142 valence electrons. The molecule has 0 radical (unpaired) electrons. The normalized spacial score (nSPS) is 11.5. The predicted octanol–water partition coefficient (Wildman–Crippen LogP) is 4.88. The number of halogens is 1. The number of rotatable bonds is 5. The van der Waals surface area contributed by atoms with Gasteiger partial charge in [-0.15, -0.1) is 11.3 Å². The van der Waals surface area contributed by atoms with Gasteiger partial charge in [0.05, 0.1) is 12.0 Å². The summed E-state index contributed by atoms with van der Waals surface area (Å²) < 4.78 is 33.8. The third-order valence-corrected chi connectivity index (χ3v) is 6.91. The number of fused-ring (bicyclic) bond motifs is 1. The van der Waals surface area contributed by atoms with E-state index in [4.69, 9.17) is 16.3 Å². The first-order chi connectivity index (χ1) is 13.5. The number of nitrogens with zero attached hydrogens (tertiary/aromatic N) is 3. The third kappa shape index (κ3) is 3.30. The van der Waals surface area contributed by atoms with Crippen molar-refractivity contribution >= 4 is 54.6 Å². The number of anilines is 2. The molecular formula is C19H14ClN3O3S2. The Balaban J connectivity index is 1.93. The Morgan fingerprint density at radius 2 is 1.93 bits per heavy atom. The van der Waals surface area contributed by atoms with E-state index in [1.807, 2.05) is 0 Å². The molecule has 4 rings (SSSR count). The Morgan fingerprint density at radius 3 is 2.68 bits per heavy atom. The number of ether oxygens (including phenoxy) is 1. The van der Waals surface area contributed by atoms with Crippen molar-refractivity contribution in [2.75, 3.05) is 11.4 Å². The van der Waals surface area contributed by atoms with Gasteiger partial charge >= 0.3 is 0 Å². The lowest BCUT2D eigenvalue weighted by Crippen LogP contribution is -2.26. The fourth-order valence-electron chi connectivity index (χ4n) is 2.80. The lowest BCUT2D eigenvalue weighted by atomic mass is 10.2. The molecule has 0 saturated carbocycles. The highest BCUT2D eigenvalue weighted by molar-refractivity contribution is 7.93. The summed E-state index contributed by atoms with van der Waals surface area (Å²) in [6, 6.07) is 11.5. The summed E-state index contributed by atoms with van der Waals surface area (Å²) >= 11 is 7.27. The minimum absolute atomic E-state index is 0.137. The Morgan fingerprint density at radius 1 is 1.07 bits per heavy atom. The van der Waals surface area contributed by atoms with E-state index >= 15 is 0 Å². The summed E-state index contributed by atoms with van der Waals surface area (Å²) in [7, 11) is -2.51. The maximum Gasteiger partial charge on any atom is 0.270 e. The van der Waals surface area contributed by atoms with E-state index in [1.54, 1.807) is 66.4 Å². The number of methoxy groups -OCH3 is 1. The molecule has 0 saturated heterocycles. The first kappa shape index (κ1) is 18.7. The van der Waals surface area contributed by atoms with E-state index in [9.17, 15) is 8.42 Å². The fourth-order valence-corrected chi connectivity index (χ4v) is 5.33. The second-order valence-electron chi connectivity index (χ2n) is 5.78. The second kappa shape index (κ2) is 7.38. The minimum atomic E-state index is -3.98. The second-order valence-corrected chi connectivity index (χ2v) is 8.88. The molecule has 2 heterocycles. The van der Waals surface area contributed by atoms with Gasteiger partial charge in [-0.2, -0.15) is 0 Å². The molecule has 0 atom stereocenters. The van der Waals surface area contributed by atoms with Crippen molar-refractivity contribution in [3.63, 3.8) is 0 Å². The van der Waals surface area contributed by atoms with Gasteiger partial charge in [-0.05, 0) is 35.7 Å². The molecule has 0 aliphatic rings. The Kier molecular flexibility index (Phi) is 4.92. The molecule has 0 fully saturated rings. The van der Waals surface area contributed by atoms with Crippen molar-refractivity contribution in [3.05, 3.63) is 71.5 Å². The molecule has 2 aromatic heterocycles. The zero-order chi connectivity index (χ0) is 19.7. The summed E-state index contributed by atoms with van der Waals surface area (Å²) in [6.45, 7) is 0. The number of benzene rings is 2. The van der Waals surface area contributed by atoms with Crippen LogP contribution in [0.15, 0.2) is 71.3 Å². The molecule has 0 aliphatic carbocycles. The average Bonchev–Trinajstić information content (AvgIpc) is 3.22. The highest BCUT2D eigenvalue weighted by Crippen LogP contribution is 2.40. The molecule has 0 N–H and O–H groups in total. The van der Waals surface area contributed by atoms with E-state index < -0.39 is 10.0 Å². The van der Waals surface area contributed by atoms with Gasteiger partial charge in [0, 0.05) is 40.4 Å². The van der Waals surface area contributed by atoms with Crippen LogP contribution in [0, 0.1) is 0 Å². The van der Waals surface area contributed by atoms with Crippen LogP contribution in [0.3, 0.4) is 0 Å². The predicted molar refractivity (Wildman–Crippen MR) is 111 cm³/mol. The number of hydrogen-bond donors (Lipinski definition) is 0. The number of hydrogen-bond acceptors (Lipinski definition) is 6. The fraction of sp³-hybridized carbons (Fsp3) is 0.0526. The lowest BCUT2D eigenvalue weighted by molar-refractivity contribution is 0.416. The van der Waals surface area contributed by atoms with Crippen LogP contribution >= 0.6 is 22.9 Å². The van der Waals surface area contributed by atoms with E-state index in [0.717, 1.165) is 10.8 Å². The molecule has 28 heavy (non-hydrogen) atoms. The number of aromatic nitrogens is 2. The molecule has 9 heteroatoms. The molecule has 0 amide bonds. The summed E-state index contributed by atoms with van der Waals surface area (Å²) in [5.41, 5.74) is 0.330. The molecule has 0 aliphatic heterocycles. The van der Waals surface area contributed by atoms with Crippen molar-refractivity contribution < 1.29 is 13.2 Å². The van der Waals surface area contributed by atoms with Gasteiger partial charge < -0.3 is 4.74 Å². The first-order valence-electron chi connectivity index (χ1n) is 8.13. The third-order valence-electron chi connectivity index (χ3n) is 4.10. The summed E-state index contributed by atoms with van der Waals surface area (Å²) in [6.07, 6.45) is 4.86. The minimum Gasteiger partial charge on any atom is -0.494 e. The van der Waals surface area contributed by atoms with Gasteiger partial charge in [-0.1, -0.05) is 17.7 Å². The maximum absolute atomic E-state index is 13.6. The highest BCUT2D eigenvalue weighted by atomic mass is 35.5. The summed E-state index contributed by atoms with van der Waals surface area (Å²) in [5.74, 6) is 0.330. The quantitative estimate of drug-likeness (QED) is 0.450. The smallest absolute Gasteiger partial charge is 0.270 e.